The molecule has 1 aromatic heterocycles. The molecule has 1 heterocycles. The van der Waals surface area contributed by atoms with Crippen LogP contribution in [0.4, 0.5) is 0 Å². The molecule has 1 atom stereocenters. The van der Waals surface area contributed by atoms with E-state index >= 15 is 0 Å². The van der Waals surface area contributed by atoms with Crippen molar-refractivity contribution in [3.63, 3.8) is 0 Å². The van der Waals surface area contributed by atoms with E-state index in [2.05, 4.69) is 43.2 Å². The van der Waals surface area contributed by atoms with Gasteiger partial charge in [-0.15, -0.1) is 0 Å². The van der Waals surface area contributed by atoms with Crippen LogP contribution < -0.4 is 5.32 Å². The van der Waals surface area contributed by atoms with Crippen molar-refractivity contribution in [3.05, 3.63) is 30.1 Å². The standard InChI is InChI=1S/C14H24N2O/c1-12(11-14(2,3)17-4)16-10-7-13-5-8-15-9-6-13/h5-6,8-9,12,16H,7,10-11H2,1-4H3. The van der Waals surface area contributed by atoms with Gasteiger partial charge < -0.3 is 10.1 Å². The second-order valence-corrected chi connectivity index (χ2v) is 5.13. The van der Waals surface area contributed by atoms with Crippen LogP contribution in [0.1, 0.15) is 32.8 Å². The molecule has 0 aliphatic rings. The quantitative estimate of drug-likeness (QED) is 0.789. The van der Waals surface area contributed by atoms with Crippen LogP contribution in [0.5, 0.6) is 0 Å². The number of hydrogen-bond donors (Lipinski definition) is 1. The predicted molar refractivity (Wildman–Crippen MR) is 71.1 cm³/mol. The van der Waals surface area contributed by atoms with Gasteiger partial charge in [0.25, 0.3) is 0 Å². The third-order valence-corrected chi connectivity index (χ3v) is 3.01. The van der Waals surface area contributed by atoms with E-state index in [9.17, 15) is 0 Å². The summed E-state index contributed by atoms with van der Waals surface area (Å²) >= 11 is 0. The number of pyridine rings is 1. The van der Waals surface area contributed by atoms with Crippen LogP contribution in [-0.2, 0) is 11.2 Å². The van der Waals surface area contributed by atoms with Gasteiger partial charge in [0.15, 0.2) is 0 Å². The van der Waals surface area contributed by atoms with Gasteiger partial charge in [-0.25, -0.2) is 0 Å². The van der Waals surface area contributed by atoms with Crippen LogP contribution in [0.2, 0.25) is 0 Å². The lowest BCUT2D eigenvalue weighted by molar-refractivity contribution is 0.00865. The van der Waals surface area contributed by atoms with E-state index in [0.717, 1.165) is 19.4 Å². The normalized spacial score (nSPS) is 13.6. The molecule has 0 spiro atoms. The molecule has 0 aliphatic carbocycles. The summed E-state index contributed by atoms with van der Waals surface area (Å²) in [5.41, 5.74) is 1.27. The summed E-state index contributed by atoms with van der Waals surface area (Å²) in [5.74, 6) is 0. The SMILES string of the molecule is COC(C)(C)CC(C)NCCc1ccncc1. The first-order valence-electron chi connectivity index (χ1n) is 6.21. The topological polar surface area (TPSA) is 34.1 Å². The van der Waals surface area contributed by atoms with Crippen molar-refractivity contribution in [2.24, 2.45) is 0 Å². The average Bonchev–Trinajstić information content (AvgIpc) is 2.30. The smallest absolute Gasteiger partial charge is 0.0637 e. The summed E-state index contributed by atoms with van der Waals surface area (Å²) in [6.07, 6.45) is 5.74. The van der Waals surface area contributed by atoms with Crippen LogP contribution in [0.15, 0.2) is 24.5 Å². The Hall–Kier alpha value is -0.930. The highest BCUT2D eigenvalue weighted by Gasteiger charge is 2.19. The molecular formula is C14H24N2O. The maximum absolute atomic E-state index is 5.42. The number of rotatable bonds is 7. The Labute approximate surface area is 105 Å². The van der Waals surface area contributed by atoms with Gasteiger partial charge in [-0.1, -0.05) is 0 Å². The van der Waals surface area contributed by atoms with E-state index in [0.29, 0.717) is 6.04 Å². The number of nitrogens with one attached hydrogen (secondary N) is 1. The van der Waals surface area contributed by atoms with Crippen molar-refractivity contribution >= 4 is 0 Å². The van der Waals surface area contributed by atoms with Crippen LogP contribution in [0.3, 0.4) is 0 Å². The second kappa shape index (κ2) is 6.72. The fourth-order valence-corrected chi connectivity index (χ4v) is 1.91. The van der Waals surface area contributed by atoms with Gasteiger partial charge in [0.05, 0.1) is 5.60 Å². The highest BCUT2D eigenvalue weighted by atomic mass is 16.5. The molecule has 17 heavy (non-hydrogen) atoms. The van der Waals surface area contributed by atoms with Gasteiger partial charge in [-0.05, 0) is 57.9 Å². The first-order chi connectivity index (χ1) is 8.03. The summed E-state index contributed by atoms with van der Waals surface area (Å²) in [5, 5.41) is 3.52. The summed E-state index contributed by atoms with van der Waals surface area (Å²) in [6.45, 7) is 7.43. The fraction of sp³-hybridized carbons (Fsp3) is 0.643. The minimum absolute atomic E-state index is 0.0525. The molecular weight excluding hydrogens is 212 g/mol. The van der Waals surface area contributed by atoms with Gasteiger partial charge in [0, 0.05) is 25.5 Å². The zero-order chi connectivity index (χ0) is 12.7. The molecule has 0 fully saturated rings. The van der Waals surface area contributed by atoms with Crippen LogP contribution in [0, 0.1) is 0 Å². The fourth-order valence-electron chi connectivity index (χ4n) is 1.91. The Balaban J connectivity index is 2.23. The maximum atomic E-state index is 5.42. The number of aromatic nitrogens is 1. The molecule has 0 saturated carbocycles. The van der Waals surface area contributed by atoms with E-state index in [1.165, 1.54) is 5.56 Å². The molecule has 0 radical (unpaired) electrons. The lowest BCUT2D eigenvalue weighted by Gasteiger charge is -2.27. The lowest BCUT2D eigenvalue weighted by atomic mass is 10.00. The molecule has 0 aliphatic heterocycles. The summed E-state index contributed by atoms with van der Waals surface area (Å²) < 4.78 is 5.42. The predicted octanol–water partition coefficient (Wildman–Crippen LogP) is 2.42. The van der Waals surface area contributed by atoms with Crippen molar-refractivity contribution < 1.29 is 4.74 Å². The third kappa shape index (κ3) is 5.80. The summed E-state index contributed by atoms with van der Waals surface area (Å²) in [7, 11) is 1.77. The Morgan fingerprint density at radius 3 is 2.59 bits per heavy atom. The van der Waals surface area contributed by atoms with Crippen LogP contribution in [0.25, 0.3) is 0 Å². The highest BCUT2D eigenvalue weighted by Crippen LogP contribution is 2.15. The van der Waals surface area contributed by atoms with Crippen molar-refractivity contribution in [2.45, 2.75) is 45.3 Å². The monoisotopic (exact) mass is 236 g/mol. The van der Waals surface area contributed by atoms with Gasteiger partial charge in [0.2, 0.25) is 0 Å². The molecule has 96 valence electrons. The molecule has 0 aromatic carbocycles. The molecule has 3 heteroatoms. The number of hydrogen-bond acceptors (Lipinski definition) is 3. The van der Waals surface area contributed by atoms with Gasteiger partial charge in [0.1, 0.15) is 0 Å². The average molecular weight is 236 g/mol. The zero-order valence-electron chi connectivity index (χ0n) is 11.4. The zero-order valence-corrected chi connectivity index (χ0v) is 11.4. The molecule has 3 nitrogen and oxygen atoms in total. The van der Waals surface area contributed by atoms with E-state index in [4.69, 9.17) is 4.74 Å². The van der Waals surface area contributed by atoms with Gasteiger partial charge in [-0.3, -0.25) is 4.98 Å². The molecule has 1 aromatic rings. The minimum atomic E-state index is -0.0525. The lowest BCUT2D eigenvalue weighted by Crippen LogP contribution is -2.36. The molecule has 0 saturated heterocycles. The molecule has 1 rings (SSSR count). The van der Waals surface area contributed by atoms with Crippen LogP contribution >= 0.6 is 0 Å². The Morgan fingerprint density at radius 2 is 2.00 bits per heavy atom. The van der Waals surface area contributed by atoms with Crippen molar-refractivity contribution in [1.82, 2.24) is 10.3 Å². The molecule has 0 amide bonds. The summed E-state index contributed by atoms with van der Waals surface area (Å²) in [6, 6.07) is 4.59. The Morgan fingerprint density at radius 1 is 1.35 bits per heavy atom. The Bertz CT molecular complexity index is 311. The molecule has 1 N–H and O–H groups in total. The number of ether oxygens (including phenoxy) is 1. The van der Waals surface area contributed by atoms with E-state index in [1.54, 1.807) is 7.11 Å². The van der Waals surface area contributed by atoms with Crippen molar-refractivity contribution in [3.8, 4) is 0 Å². The van der Waals surface area contributed by atoms with Gasteiger partial charge >= 0.3 is 0 Å². The number of nitrogens with zero attached hydrogens (tertiary/aromatic N) is 1. The molecule has 0 bridgehead atoms. The largest absolute Gasteiger partial charge is 0.379 e. The summed E-state index contributed by atoms with van der Waals surface area (Å²) in [4.78, 5) is 4.01. The van der Waals surface area contributed by atoms with E-state index in [-0.39, 0.29) is 5.60 Å². The van der Waals surface area contributed by atoms with Crippen LogP contribution in [-0.4, -0.2) is 30.3 Å². The van der Waals surface area contributed by atoms with E-state index in [1.807, 2.05) is 12.4 Å². The van der Waals surface area contributed by atoms with Gasteiger partial charge in [-0.2, -0.15) is 0 Å². The minimum Gasteiger partial charge on any atom is -0.379 e. The molecule has 1 unspecified atom stereocenters. The van der Waals surface area contributed by atoms with Crippen molar-refractivity contribution in [1.29, 1.82) is 0 Å². The third-order valence-electron chi connectivity index (χ3n) is 3.01. The first kappa shape index (κ1) is 14.1. The number of methoxy groups -OCH3 is 1. The van der Waals surface area contributed by atoms with Crippen molar-refractivity contribution in [2.75, 3.05) is 13.7 Å². The first-order valence-corrected chi connectivity index (χ1v) is 6.21. The Kier molecular flexibility index (Phi) is 5.59. The maximum Gasteiger partial charge on any atom is 0.0637 e. The second-order valence-electron chi connectivity index (χ2n) is 5.13. The highest BCUT2D eigenvalue weighted by molar-refractivity contribution is 5.09. The van der Waals surface area contributed by atoms with E-state index < -0.39 is 0 Å².